The van der Waals surface area contributed by atoms with Gasteiger partial charge in [0.05, 0.1) is 13.0 Å². The molecule has 84 valence electrons. The molecule has 5 nitrogen and oxygen atoms in total. The summed E-state index contributed by atoms with van der Waals surface area (Å²) in [4.78, 5) is 12.5. The molecule has 16 heavy (non-hydrogen) atoms. The number of carbonyl (C=O) groups is 1. The number of aromatic nitrogens is 2. The van der Waals surface area contributed by atoms with Gasteiger partial charge in [0.25, 0.3) is 0 Å². The van der Waals surface area contributed by atoms with Crippen LogP contribution in [0, 0.1) is 6.92 Å². The third kappa shape index (κ3) is 2.90. The van der Waals surface area contributed by atoms with Gasteiger partial charge in [-0.25, -0.2) is 0 Å². The van der Waals surface area contributed by atoms with Crippen LogP contribution >= 0.6 is 11.3 Å². The van der Waals surface area contributed by atoms with E-state index in [1.807, 2.05) is 17.5 Å². The Morgan fingerprint density at radius 1 is 1.56 bits per heavy atom. The number of aryl methyl sites for hydroxylation is 1. The molecule has 0 atom stereocenters. The van der Waals surface area contributed by atoms with E-state index < -0.39 is 0 Å². The summed E-state index contributed by atoms with van der Waals surface area (Å²) in [6, 6.07) is 3.86. The first kappa shape index (κ1) is 10.8. The van der Waals surface area contributed by atoms with E-state index in [4.69, 9.17) is 4.42 Å². The molecule has 0 radical (unpaired) electrons. The average molecular weight is 237 g/mol. The first-order valence-electron chi connectivity index (χ1n) is 4.82. The summed E-state index contributed by atoms with van der Waals surface area (Å²) < 4.78 is 5.13. The van der Waals surface area contributed by atoms with Gasteiger partial charge in [-0.15, -0.1) is 21.5 Å². The lowest BCUT2D eigenvalue weighted by atomic mass is 10.3. The van der Waals surface area contributed by atoms with Crippen LogP contribution in [0.4, 0.5) is 0 Å². The molecule has 6 heteroatoms. The van der Waals surface area contributed by atoms with Gasteiger partial charge in [0, 0.05) is 11.8 Å². The Morgan fingerprint density at radius 2 is 2.44 bits per heavy atom. The Bertz CT molecular complexity index is 464. The largest absolute Gasteiger partial charge is 0.424 e. The van der Waals surface area contributed by atoms with E-state index in [-0.39, 0.29) is 12.5 Å². The lowest BCUT2D eigenvalue weighted by Gasteiger charge is -2.00. The van der Waals surface area contributed by atoms with Gasteiger partial charge < -0.3 is 9.73 Å². The van der Waals surface area contributed by atoms with Gasteiger partial charge in [-0.2, -0.15) is 0 Å². The van der Waals surface area contributed by atoms with Gasteiger partial charge in [-0.3, -0.25) is 4.79 Å². The molecule has 2 aromatic rings. The Morgan fingerprint density at radius 3 is 3.06 bits per heavy atom. The Kier molecular flexibility index (Phi) is 3.31. The second-order valence-corrected chi connectivity index (χ2v) is 4.28. The van der Waals surface area contributed by atoms with Gasteiger partial charge in [0.15, 0.2) is 0 Å². The van der Waals surface area contributed by atoms with Gasteiger partial charge in [-0.1, -0.05) is 6.07 Å². The lowest BCUT2D eigenvalue weighted by molar-refractivity contribution is -0.120. The van der Waals surface area contributed by atoms with Crippen molar-refractivity contribution in [2.75, 3.05) is 0 Å². The number of nitrogens with one attached hydrogen (secondary N) is 1. The highest BCUT2D eigenvalue weighted by molar-refractivity contribution is 7.10. The average Bonchev–Trinajstić information content (AvgIpc) is 2.87. The second kappa shape index (κ2) is 4.89. The SMILES string of the molecule is Cc1nnc(CNC(=O)Cc2cccs2)o1. The second-order valence-electron chi connectivity index (χ2n) is 3.25. The van der Waals surface area contributed by atoms with Crippen molar-refractivity contribution >= 4 is 17.2 Å². The third-order valence-electron chi connectivity index (χ3n) is 1.92. The molecule has 0 bridgehead atoms. The van der Waals surface area contributed by atoms with E-state index in [9.17, 15) is 4.79 Å². The van der Waals surface area contributed by atoms with Crippen molar-refractivity contribution in [3.8, 4) is 0 Å². The maximum Gasteiger partial charge on any atom is 0.235 e. The standard InChI is InChI=1S/C10H11N3O2S/c1-7-12-13-10(15-7)6-11-9(14)5-8-3-2-4-16-8/h2-4H,5-6H2,1H3,(H,11,14). The van der Waals surface area contributed by atoms with Crippen LogP contribution in [-0.2, 0) is 17.8 Å². The number of thiophene rings is 1. The first-order valence-corrected chi connectivity index (χ1v) is 5.70. The molecule has 1 amide bonds. The number of rotatable bonds is 4. The van der Waals surface area contributed by atoms with Gasteiger partial charge in [-0.05, 0) is 11.4 Å². The molecule has 0 aliphatic heterocycles. The van der Waals surface area contributed by atoms with Crippen molar-refractivity contribution in [2.24, 2.45) is 0 Å². The molecular formula is C10H11N3O2S. The van der Waals surface area contributed by atoms with Crippen LogP contribution in [0.15, 0.2) is 21.9 Å². The van der Waals surface area contributed by atoms with E-state index in [2.05, 4.69) is 15.5 Å². The van der Waals surface area contributed by atoms with Crippen molar-refractivity contribution in [3.05, 3.63) is 34.2 Å². The van der Waals surface area contributed by atoms with E-state index in [0.29, 0.717) is 18.2 Å². The fourth-order valence-corrected chi connectivity index (χ4v) is 1.92. The summed E-state index contributed by atoms with van der Waals surface area (Å²) >= 11 is 1.56. The maximum atomic E-state index is 11.5. The summed E-state index contributed by atoms with van der Waals surface area (Å²) in [5.41, 5.74) is 0. The molecule has 0 aliphatic carbocycles. The summed E-state index contributed by atoms with van der Waals surface area (Å²) in [6.07, 6.45) is 0.394. The smallest absolute Gasteiger partial charge is 0.235 e. The lowest BCUT2D eigenvalue weighted by Crippen LogP contribution is -2.24. The van der Waals surface area contributed by atoms with Crippen LogP contribution in [0.2, 0.25) is 0 Å². The minimum absolute atomic E-state index is 0.0432. The molecule has 0 fully saturated rings. The highest BCUT2D eigenvalue weighted by atomic mass is 32.1. The summed E-state index contributed by atoms with van der Waals surface area (Å²) in [5, 5.41) is 12.1. The van der Waals surface area contributed by atoms with Crippen molar-refractivity contribution in [3.63, 3.8) is 0 Å². The normalized spacial score (nSPS) is 10.3. The Hall–Kier alpha value is -1.69. The summed E-state index contributed by atoms with van der Waals surface area (Å²) in [5.74, 6) is 0.887. The predicted molar refractivity (Wildman–Crippen MR) is 58.9 cm³/mol. The van der Waals surface area contributed by atoms with Crippen molar-refractivity contribution < 1.29 is 9.21 Å². The van der Waals surface area contributed by atoms with E-state index in [0.717, 1.165) is 4.88 Å². The molecule has 0 saturated heterocycles. The summed E-state index contributed by atoms with van der Waals surface area (Å²) in [6.45, 7) is 2.00. The zero-order chi connectivity index (χ0) is 11.4. The Balaban J connectivity index is 1.80. The molecule has 0 saturated carbocycles. The molecule has 2 rings (SSSR count). The van der Waals surface area contributed by atoms with Crippen molar-refractivity contribution in [1.82, 2.24) is 15.5 Å². The third-order valence-corrected chi connectivity index (χ3v) is 2.80. The molecular weight excluding hydrogens is 226 g/mol. The highest BCUT2D eigenvalue weighted by Crippen LogP contribution is 2.08. The molecule has 0 spiro atoms. The van der Waals surface area contributed by atoms with Gasteiger partial charge in [0.2, 0.25) is 17.7 Å². The number of hydrogen-bond acceptors (Lipinski definition) is 5. The molecule has 2 aromatic heterocycles. The fourth-order valence-electron chi connectivity index (χ4n) is 1.22. The minimum atomic E-state index is -0.0432. The molecule has 1 N–H and O–H groups in total. The molecule has 2 heterocycles. The molecule has 0 aliphatic rings. The van der Waals surface area contributed by atoms with Gasteiger partial charge >= 0.3 is 0 Å². The van der Waals surface area contributed by atoms with Crippen LogP contribution in [0.3, 0.4) is 0 Å². The van der Waals surface area contributed by atoms with Crippen LogP contribution in [0.5, 0.6) is 0 Å². The summed E-state index contributed by atoms with van der Waals surface area (Å²) in [7, 11) is 0. The number of hydrogen-bond donors (Lipinski definition) is 1. The molecule has 0 unspecified atom stereocenters. The Labute approximate surface area is 96.5 Å². The van der Waals surface area contributed by atoms with E-state index >= 15 is 0 Å². The van der Waals surface area contributed by atoms with E-state index in [1.165, 1.54) is 0 Å². The number of nitrogens with zero attached hydrogens (tertiary/aromatic N) is 2. The first-order chi connectivity index (χ1) is 7.74. The van der Waals surface area contributed by atoms with Crippen LogP contribution in [-0.4, -0.2) is 16.1 Å². The predicted octanol–water partition coefficient (Wildman–Crippen LogP) is 1.30. The van der Waals surface area contributed by atoms with Crippen LogP contribution in [0.1, 0.15) is 16.7 Å². The zero-order valence-electron chi connectivity index (χ0n) is 8.77. The topological polar surface area (TPSA) is 68.0 Å². The maximum absolute atomic E-state index is 11.5. The fraction of sp³-hybridized carbons (Fsp3) is 0.300. The number of amides is 1. The highest BCUT2D eigenvalue weighted by Gasteiger charge is 2.06. The molecule has 0 aromatic carbocycles. The van der Waals surface area contributed by atoms with Crippen molar-refractivity contribution in [1.29, 1.82) is 0 Å². The van der Waals surface area contributed by atoms with Crippen LogP contribution in [0.25, 0.3) is 0 Å². The van der Waals surface area contributed by atoms with E-state index in [1.54, 1.807) is 18.3 Å². The monoisotopic (exact) mass is 237 g/mol. The minimum Gasteiger partial charge on any atom is -0.424 e. The zero-order valence-corrected chi connectivity index (χ0v) is 9.58. The van der Waals surface area contributed by atoms with Gasteiger partial charge in [0.1, 0.15) is 0 Å². The quantitative estimate of drug-likeness (QED) is 0.870. The van der Waals surface area contributed by atoms with Crippen molar-refractivity contribution in [2.45, 2.75) is 19.9 Å². The number of carbonyl (C=O) groups excluding carboxylic acids is 1. The van der Waals surface area contributed by atoms with Crippen LogP contribution < -0.4 is 5.32 Å².